The van der Waals surface area contributed by atoms with Crippen LogP contribution in [0.4, 0.5) is 0 Å². The van der Waals surface area contributed by atoms with Gasteiger partial charge in [-0.15, -0.1) is 0 Å². The molecular weight excluding hydrogens is 219 g/mol. The van der Waals surface area contributed by atoms with Crippen LogP contribution in [0.5, 0.6) is 0 Å². The van der Waals surface area contributed by atoms with Crippen LogP contribution in [-0.2, 0) is 0 Å². The summed E-state index contributed by atoms with van der Waals surface area (Å²) >= 11 is 11.6. The molecule has 0 radical (unpaired) electrons. The van der Waals surface area contributed by atoms with Gasteiger partial charge in [0.15, 0.2) is 5.78 Å². The highest BCUT2D eigenvalue weighted by Gasteiger charge is 2.23. The number of benzene rings is 1. The third kappa shape index (κ3) is 2.73. The molecule has 14 heavy (non-hydrogen) atoms. The maximum Gasteiger partial charge on any atom is 0.168 e. The second-order valence-corrected chi connectivity index (χ2v) is 5.11. The Kier molecular flexibility index (Phi) is 3.23. The molecule has 0 aliphatic rings. The Morgan fingerprint density at radius 1 is 1.07 bits per heavy atom. The number of carbonyl (C=O) groups excluding carboxylic acids is 1. The Bertz CT molecular complexity index is 344. The quantitative estimate of drug-likeness (QED) is 0.661. The average molecular weight is 231 g/mol. The van der Waals surface area contributed by atoms with Gasteiger partial charge in [0, 0.05) is 21.0 Å². The summed E-state index contributed by atoms with van der Waals surface area (Å²) < 4.78 is 0. The normalized spacial score (nSPS) is 11.5. The van der Waals surface area contributed by atoms with E-state index < -0.39 is 5.41 Å². The highest BCUT2D eigenvalue weighted by Crippen LogP contribution is 2.25. The van der Waals surface area contributed by atoms with Crippen LogP contribution in [0.2, 0.25) is 10.0 Å². The Labute approximate surface area is 94.0 Å². The van der Waals surface area contributed by atoms with E-state index in [0.717, 1.165) is 0 Å². The van der Waals surface area contributed by atoms with Gasteiger partial charge in [0.25, 0.3) is 0 Å². The number of rotatable bonds is 1. The minimum absolute atomic E-state index is 0.0434. The van der Waals surface area contributed by atoms with E-state index in [1.807, 2.05) is 20.8 Å². The van der Waals surface area contributed by atoms with Crippen LogP contribution in [0, 0.1) is 5.41 Å². The number of carbonyl (C=O) groups is 1. The molecule has 1 aromatic rings. The Hall–Kier alpha value is -0.530. The molecule has 0 N–H and O–H groups in total. The van der Waals surface area contributed by atoms with Gasteiger partial charge in [-0.05, 0) is 18.2 Å². The minimum Gasteiger partial charge on any atom is -0.294 e. The van der Waals surface area contributed by atoms with Crippen LogP contribution >= 0.6 is 23.2 Å². The fourth-order valence-electron chi connectivity index (χ4n) is 1.12. The standard InChI is InChI=1S/C11H12Cl2O/c1-11(2,3)10(14)7-4-8(12)6-9(13)5-7/h4-6H,1-3H3. The van der Waals surface area contributed by atoms with E-state index in [1.54, 1.807) is 18.2 Å². The molecule has 1 aromatic carbocycles. The largest absolute Gasteiger partial charge is 0.294 e. The van der Waals surface area contributed by atoms with Crippen molar-refractivity contribution >= 4 is 29.0 Å². The molecule has 0 saturated heterocycles. The van der Waals surface area contributed by atoms with Crippen molar-refractivity contribution in [2.75, 3.05) is 0 Å². The summed E-state index contributed by atoms with van der Waals surface area (Å²) in [6.07, 6.45) is 0. The van der Waals surface area contributed by atoms with E-state index in [-0.39, 0.29) is 5.78 Å². The topological polar surface area (TPSA) is 17.1 Å². The molecule has 0 amide bonds. The third-order valence-electron chi connectivity index (χ3n) is 1.81. The van der Waals surface area contributed by atoms with Gasteiger partial charge in [-0.2, -0.15) is 0 Å². The molecule has 0 aromatic heterocycles. The summed E-state index contributed by atoms with van der Waals surface area (Å²) in [6.45, 7) is 5.60. The van der Waals surface area contributed by atoms with Gasteiger partial charge in [-0.1, -0.05) is 44.0 Å². The van der Waals surface area contributed by atoms with Crippen molar-refractivity contribution in [2.45, 2.75) is 20.8 Å². The maximum absolute atomic E-state index is 11.9. The summed E-state index contributed by atoms with van der Waals surface area (Å²) in [6, 6.07) is 4.89. The zero-order valence-electron chi connectivity index (χ0n) is 8.40. The molecule has 0 unspecified atom stereocenters. The molecule has 1 rings (SSSR count). The van der Waals surface area contributed by atoms with Crippen LogP contribution in [0.25, 0.3) is 0 Å². The SMILES string of the molecule is CC(C)(C)C(=O)c1cc(Cl)cc(Cl)c1. The Balaban J connectivity index is 3.14. The van der Waals surface area contributed by atoms with Gasteiger partial charge in [0.05, 0.1) is 0 Å². The van der Waals surface area contributed by atoms with Crippen molar-refractivity contribution < 1.29 is 4.79 Å². The molecule has 0 heterocycles. The lowest BCUT2D eigenvalue weighted by Gasteiger charge is -2.16. The fraction of sp³-hybridized carbons (Fsp3) is 0.364. The molecule has 0 spiro atoms. The van der Waals surface area contributed by atoms with Crippen LogP contribution in [0.3, 0.4) is 0 Å². The van der Waals surface area contributed by atoms with Gasteiger partial charge in [0.2, 0.25) is 0 Å². The molecule has 76 valence electrons. The second kappa shape index (κ2) is 3.92. The molecule has 3 heteroatoms. The fourth-order valence-corrected chi connectivity index (χ4v) is 1.64. The lowest BCUT2D eigenvalue weighted by Crippen LogP contribution is -2.20. The lowest BCUT2D eigenvalue weighted by atomic mass is 9.86. The first kappa shape index (κ1) is 11.5. The molecule has 0 aliphatic heterocycles. The van der Waals surface area contributed by atoms with E-state index >= 15 is 0 Å². The molecule has 0 saturated carbocycles. The van der Waals surface area contributed by atoms with E-state index in [1.165, 1.54) is 0 Å². The van der Waals surface area contributed by atoms with Gasteiger partial charge in [0.1, 0.15) is 0 Å². The molecule has 1 nitrogen and oxygen atoms in total. The first-order chi connectivity index (χ1) is 6.30. The van der Waals surface area contributed by atoms with Gasteiger partial charge in [-0.3, -0.25) is 4.79 Å². The summed E-state index contributed by atoms with van der Waals surface area (Å²) in [7, 11) is 0. The monoisotopic (exact) mass is 230 g/mol. The highest BCUT2D eigenvalue weighted by molar-refractivity contribution is 6.35. The summed E-state index contributed by atoms with van der Waals surface area (Å²) in [4.78, 5) is 11.9. The number of halogens is 2. The highest BCUT2D eigenvalue weighted by atomic mass is 35.5. The number of hydrogen-bond donors (Lipinski definition) is 0. The number of hydrogen-bond acceptors (Lipinski definition) is 1. The van der Waals surface area contributed by atoms with E-state index in [4.69, 9.17) is 23.2 Å². The molecule has 0 bridgehead atoms. The summed E-state index contributed by atoms with van der Waals surface area (Å²) in [5.41, 5.74) is 0.156. The minimum atomic E-state index is -0.409. The van der Waals surface area contributed by atoms with Crippen molar-refractivity contribution in [3.8, 4) is 0 Å². The van der Waals surface area contributed by atoms with Crippen LogP contribution in [0.15, 0.2) is 18.2 Å². The predicted molar refractivity (Wildman–Crippen MR) is 60.2 cm³/mol. The van der Waals surface area contributed by atoms with E-state index in [0.29, 0.717) is 15.6 Å². The number of ketones is 1. The van der Waals surface area contributed by atoms with E-state index in [9.17, 15) is 4.79 Å². The summed E-state index contributed by atoms with van der Waals surface area (Å²) in [5, 5.41) is 0.982. The third-order valence-corrected chi connectivity index (χ3v) is 2.24. The van der Waals surface area contributed by atoms with E-state index in [2.05, 4.69) is 0 Å². The van der Waals surface area contributed by atoms with Crippen molar-refractivity contribution in [2.24, 2.45) is 5.41 Å². The van der Waals surface area contributed by atoms with Crippen molar-refractivity contribution in [1.82, 2.24) is 0 Å². The van der Waals surface area contributed by atoms with Crippen LogP contribution in [0.1, 0.15) is 31.1 Å². The number of Topliss-reactive ketones (excluding diaryl/α,β-unsaturated/α-hetero) is 1. The van der Waals surface area contributed by atoms with Crippen molar-refractivity contribution in [1.29, 1.82) is 0 Å². The molecule has 0 fully saturated rings. The predicted octanol–water partition coefficient (Wildman–Crippen LogP) is 4.22. The zero-order chi connectivity index (χ0) is 10.9. The zero-order valence-corrected chi connectivity index (χ0v) is 9.91. The molecule has 0 aliphatic carbocycles. The summed E-state index contributed by atoms with van der Waals surface area (Å²) in [5.74, 6) is 0.0434. The molecule has 0 atom stereocenters. The first-order valence-corrected chi connectivity index (χ1v) is 5.07. The average Bonchev–Trinajstić information content (AvgIpc) is 1.99. The Morgan fingerprint density at radius 2 is 1.50 bits per heavy atom. The van der Waals surface area contributed by atoms with Gasteiger partial charge < -0.3 is 0 Å². The van der Waals surface area contributed by atoms with Gasteiger partial charge in [-0.25, -0.2) is 0 Å². The lowest BCUT2D eigenvalue weighted by molar-refractivity contribution is 0.0858. The smallest absolute Gasteiger partial charge is 0.168 e. The van der Waals surface area contributed by atoms with Gasteiger partial charge >= 0.3 is 0 Å². The molecular formula is C11H12Cl2O. The van der Waals surface area contributed by atoms with Crippen LogP contribution < -0.4 is 0 Å². The van der Waals surface area contributed by atoms with Crippen molar-refractivity contribution in [3.05, 3.63) is 33.8 Å². The van der Waals surface area contributed by atoms with Crippen molar-refractivity contribution in [3.63, 3.8) is 0 Å². The Morgan fingerprint density at radius 3 is 1.86 bits per heavy atom. The van der Waals surface area contributed by atoms with Crippen LogP contribution in [-0.4, -0.2) is 5.78 Å². The second-order valence-electron chi connectivity index (χ2n) is 4.24. The maximum atomic E-state index is 11.9. The first-order valence-electron chi connectivity index (χ1n) is 4.31.